The zero-order valence-corrected chi connectivity index (χ0v) is 11.1. The van der Waals surface area contributed by atoms with Crippen molar-refractivity contribution in [3.05, 3.63) is 24.4 Å². The van der Waals surface area contributed by atoms with Crippen molar-refractivity contribution in [2.75, 3.05) is 36.6 Å². The number of thioether (sulfide) groups is 1. The highest BCUT2D eigenvalue weighted by Gasteiger charge is 2.15. The molecule has 1 aromatic heterocycles. The summed E-state index contributed by atoms with van der Waals surface area (Å²) in [6.45, 7) is 2.14. The first-order valence-electron chi connectivity index (χ1n) is 6.01. The molecule has 1 fully saturated rings. The van der Waals surface area contributed by atoms with Crippen molar-refractivity contribution in [1.29, 1.82) is 0 Å². The third kappa shape index (κ3) is 1.99. The summed E-state index contributed by atoms with van der Waals surface area (Å²) in [6.07, 6.45) is 1.86. The Balaban J connectivity index is 2.11. The van der Waals surface area contributed by atoms with Crippen LogP contribution in [0.5, 0.6) is 5.75 Å². The predicted octanol–water partition coefficient (Wildman–Crippen LogP) is 2.19. The first-order valence-corrected chi connectivity index (χ1v) is 7.16. The summed E-state index contributed by atoms with van der Waals surface area (Å²) >= 11 is 2.00. The van der Waals surface area contributed by atoms with Gasteiger partial charge in [0.05, 0.1) is 19.0 Å². The highest BCUT2D eigenvalue weighted by atomic mass is 32.2. The molecule has 2 heterocycles. The molecule has 0 radical (unpaired) electrons. The van der Waals surface area contributed by atoms with Gasteiger partial charge in [0.15, 0.2) is 0 Å². The lowest BCUT2D eigenvalue weighted by Gasteiger charge is -2.29. The van der Waals surface area contributed by atoms with Crippen LogP contribution in [-0.2, 0) is 0 Å². The molecule has 0 aliphatic carbocycles. The molecular formula is C13H15N3OS. The van der Waals surface area contributed by atoms with Gasteiger partial charge in [-0.15, -0.1) is 5.10 Å². The van der Waals surface area contributed by atoms with E-state index in [4.69, 9.17) is 4.74 Å². The van der Waals surface area contributed by atoms with Crippen LogP contribution in [0.25, 0.3) is 10.9 Å². The minimum atomic E-state index is 0.785. The van der Waals surface area contributed by atoms with Crippen LogP contribution in [-0.4, -0.2) is 41.9 Å². The van der Waals surface area contributed by atoms with E-state index in [-0.39, 0.29) is 0 Å². The third-order valence-corrected chi connectivity index (χ3v) is 4.13. The molecule has 4 nitrogen and oxygen atoms in total. The number of methoxy groups -OCH3 is 1. The maximum atomic E-state index is 5.34. The second-order valence-corrected chi connectivity index (χ2v) is 5.41. The lowest BCUT2D eigenvalue weighted by Crippen LogP contribution is -2.32. The highest BCUT2D eigenvalue weighted by molar-refractivity contribution is 7.99. The molecule has 1 aliphatic rings. The number of anilines is 1. The predicted molar refractivity (Wildman–Crippen MR) is 75.6 cm³/mol. The van der Waals surface area contributed by atoms with E-state index in [0.29, 0.717) is 0 Å². The standard InChI is InChI=1S/C13H15N3OS/c1-17-12-4-2-3-10-11(9-14-15-13(10)12)16-5-7-18-8-6-16/h2-4,9H,5-8H2,1H3. The SMILES string of the molecule is COc1cccc2c(N3CCSCC3)cnnc12. The Kier molecular flexibility index (Phi) is 3.23. The van der Waals surface area contributed by atoms with Crippen LogP contribution in [0.1, 0.15) is 0 Å². The van der Waals surface area contributed by atoms with Crippen LogP contribution in [0.4, 0.5) is 5.69 Å². The first kappa shape index (κ1) is 11.6. The van der Waals surface area contributed by atoms with Gasteiger partial charge in [-0.25, -0.2) is 0 Å². The van der Waals surface area contributed by atoms with Gasteiger partial charge in [0.1, 0.15) is 11.3 Å². The molecular weight excluding hydrogens is 246 g/mol. The second-order valence-electron chi connectivity index (χ2n) is 4.19. The Labute approximate surface area is 110 Å². The number of rotatable bonds is 2. The van der Waals surface area contributed by atoms with Crippen molar-refractivity contribution in [1.82, 2.24) is 10.2 Å². The zero-order chi connectivity index (χ0) is 12.4. The lowest BCUT2D eigenvalue weighted by atomic mass is 10.2. The van der Waals surface area contributed by atoms with Gasteiger partial charge in [-0.2, -0.15) is 16.9 Å². The normalized spacial score (nSPS) is 15.9. The van der Waals surface area contributed by atoms with Crippen LogP contribution >= 0.6 is 11.8 Å². The number of hydrogen-bond donors (Lipinski definition) is 0. The van der Waals surface area contributed by atoms with Crippen LogP contribution in [0, 0.1) is 0 Å². The minimum Gasteiger partial charge on any atom is -0.494 e. The third-order valence-electron chi connectivity index (χ3n) is 3.18. The largest absolute Gasteiger partial charge is 0.494 e. The summed E-state index contributed by atoms with van der Waals surface area (Å²) in [5.74, 6) is 3.13. The van der Waals surface area contributed by atoms with Gasteiger partial charge in [0.2, 0.25) is 0 Å². The Morgan fingerprint density at radius 2 is 2.11 bits per heavy atom. The van der Waals surface area contributed by atoms with Gasteiger partial charge in [-0.3, -0.25) is 0 Å². The summed E-state index contributed by atoms with van der Waals surface area (Å²) in [6, 6.07) is 6.02. The van der Waals surface area contributed by atoms with Crippen molar-refractivity contribution in [3.63, 3.8) is 0 Å². The molecule has 94 valence electrons. The summed E-state index contributed by atoms with van der Waals surface area (Å²) in [5, 5.41) is 9.44. The van der Waals surface area contributed by atoms with Gasteiger partial charge in [-0.1, -0.05) is 12.1 Å². The van der Waals surface area contributed by atoms with E-state index >= 15 is 0 Å². The summed E-state index contributed by atoms with van der Waals surface area (Å²) < 4.78 is 5.34. The molecule has 1 aliphatic heterocycles. The van der Waals surface area contributed by atoms with Gasteiger partial charge in [0.25, 0.3) is 0 Å². The minimum absolute atomic E-state index is 0.785. The zero-order valence-electron chi connectivity index (χ0n) is 10.3. The van der Waals surface area contributed by atoms with Crippen molar-refractivity contribution in [2.45, 2.75) is 0 Å². The van der Waals surface area contributed by atoms with Crippen LogP contribution in [0.2, 0.25) is 0 Å². The number of nitrogens with zero attached hydrogens (tertiary/aromatic N) is 3. The maximum Gasteiger partial charge on any atom is 0.147 e. The number of aromatic nitrogens is 2. The Hall–Kier alpha value is -1.49. The molecule has 0 N–H and O–H groups in total. The first-order chi connectivity index (χ1) is 8.90. The van der Waals surface area contributed by atoms with Crippen molar-refractivity contribution >= 4 is 28.4 Å². The fourth-order valence-electron chi connectivity index (χ4n) is 2.26. The van der Waals surface area contributed by atoms with Gasteiger partial charge in [0, 0.05) is 30.0 Å². The fraction of sp³-hybridized carbons (Fsp3) is 0.385. The van der Waals surface area contributed by atoms with E-state index in [0.717, 1.165) is 29.7 Å². The molecule has 2 aromatic rings. The molecule has 0 amide bonds. The smallest absolute Gasteiger partial charge is 0.147 e. The maximum absolute atomic E-state index is 5.34. The molecule has 0 spiro atoms. The van der Waals surface area contributed by atoms with Crippen LogP contribution in [0.15, 0.2) is 24.4 Å². The number of fused-ring (bicyclic) bond motifs is 1. The monoisotopic (exact) mass is 261 g/mol. The molecule has 18 heavy (non-hydrogen) atoms. The molecule has 3 rings (SSSR count). The van der Waals surface area contributed by atoms with E-state index in [9.17, 15) is 0 Å². The van der Waals surface area contributed by atoms with Crippen molar-refractivity contribution in [2.24, 2.45) is 0 Å². The van der Waals surface area contributed by atoms with E-state index < -0.39 is 0 Å². The van der Waals surface area contributed by atoms with Gasteiger partial charge >= 0.3 is 0 Å². The lowest BCUT2D eigenvalue weighted by molar-refractivity contribution is 0.418. The van der Waals surface area contributed by atoms with Gasteiger partial charge < -0.3 is 9.64 Å². The molecule has 0 saturated carbocycles. The van der Waals surface area contributed by atoms with E-state index in [2.05, 4.69) is 21.2 Å². The topological polar surface area (TPSA) is 38.2 Å². The molecule has 0 atom stereocenters. The van der Waals surface area contributed by atoms with Crippen molar-refractivity contribution < 1.29 is 4.74 Å². The molecule has 0 unspecified atom stereocenters. The molecule has 0 bridgehead atoms. The van der Waals surface area contributed by atoms with Crippen molar-refractivity contribution in [3.8, 4) is 5.75 Å². The van der Waals surface area contributed by atoms with E-state index in [1.807, 2.05) is 30.1 Å². The van der Waals surface area contributed by atoms with Crippen LogP contribution in [0.3, 0.4) is 0 Å². The molecule has 5 heteroatoms. The Morgan fingerprint density at radius 1 is 1.28 bits per heavy atom. The highest BCUT2D eigenvalue weighted by Crippen LogP contribution is 2.31. The number of benzene rings is 1. The second kappa shape index (κ2) is 5.02. The molecule has 1 saturated heterocycles. The average Bonchev–Trinajstić information content (AvgIpc) is 2.47. The van der Waals surface area contributed by atoms with Crippen LogP contribution < -0.4 is 9.64 Å². The summed E-state index contributed by atoms with van der Waals surface area (Å²) in [7, 11) is 1.67. The number of ether oxygens (including phenoxy) is 1. The Morgan fingerprint density at radius 3 is 2.89 bits per heavy atom. The fourth-order valence-corrected chi connectivity index (χ4v) is 3.17. The van der Waals surface area contributed by atoms with Gasteiger partial charge in [-0.05, 0) is 6.07 Å². The Bertz CT molecular complexity index is 555. The average molecular weight is 261 g/mol. The molecule has 1 aromatic carbocycles. The van der Waals surface area contributed by atoms with E-state index in [1.54, 1.807) is 7.11 Å². The summed E-state index contributed by atoms with van der Waals surface area (Å²) in [4.78, 5) is 2.38. The number of hydrogen-bond acceptors (Lipinski definition) is 5. The summed E-state index contributed by atoms with van der Waals surface area (Å²) in [5.41, 5.74) is 2.01. The van der Waals surface area contributed by atoms with E-state index in [1.165, 1.54) is 17.2 Å². The quantitative estimate of drug-likeness (QED) is 0.828.